The second-order valence-corrected chi connectivity index (χ2v) is 7.59. The molecular formula is C28H28N2O3. The van der Waals surface area contributed by atoms with Gasteiger partial charge in [-0.1, -0.05) is 55.0 Å². The van der Waals surface area contributed by atoms with Gasteiger partial charge in [0.1, 0.15) is 18.2 Å². The van der Waals surface area contributed by atoms with Gasteiger partial charge in [-0.15, -0.1) is 0 Å². The monoisotopic (exact) mass is 440 g/mol. The lowest BCUT2D eigenvalue weighted by Gasteiger charge is -2.13. The van der Waals surface area contributed by atoms with Crippen molar-refractivity contribution in [1.82, 2.24) is 0 Å². The molecule has 0 saturated heterocycles. The fraction of sp³-hybridized carbons (Fsp3) is 0.214. The molecule has 0 aromatic heterocycles. The van der Waals surface area contributed by atoms with E-state index in [0.717, 1.165) is 12.0 Å². The summed E-state index contributed by atoms with van der Waals surface area (Å²) in [5, 5.41) is 12.3. The summed E-state index contributed by atoms with van der Waals surface area (Å²) >= 11 is 0. The highest BCUT2D eigenvalue weighted by Crippen LogP contribution is 2.30. The van der Waals surface area contributed by atoms with Gasteiger partial charge in [-0.2, -0.15) is 5.26 Å². The van der Waals surface area contributed by atoms with E-state index in [-0.39, 0.29) is 5.57 Å². The number of aryl methyl sites for hydroxylation is 2. The van der Waals surface area contributed by atoms with Crippen molar-refractivity contribution in [2.45, 2.75) is 33.8 Å². The normalized spacial score (nSPS) is 10.9. The van der Waals surface area contributed by atoms with Crippen LogP contribution in [0.3, 0.4) is 0 Å². The van der Waals surface area contributed by atoms with Gasteiger partial charge < -0.3 is 14.8 Å². The Labute approximate surface area is 195 Å². The molecule has 1 amide bonds. The average molecular weight is 441 g/mol. The van der Waals surface area contributed by atoms with Crippen molar-refractivity contribution in [1.29, 1.82) is 5.26 Å². The van der Waals surface area contributed by atoms with E-state index < -0.39 is 5.91 Å². The highest BCUT2D eigenvalue weighted by Gasteiger charge is 2.12. The third-order valence-electron chi connectivity index (χ3n) is 5.04. The van der Waals surface area contributed by atoms with Crippen LogP contribution in [-0.2, 0) is 17.8 Å². The summed E-state index contributed by atoms with van der Waals surface area (Å²) in [5.41, 5.74) is 4.74. The van der Waals surface area contributed by atoms with E-state index in [1.54, 1.807) is 24.3 Å². The Morgan fingerprint density at radius 1 is 0.970 bits per heavy atom. The first-order valence-corrected chi connectivity index (χ1v) is 11.0. The van der Waals surface area contributed by atoms with E-state index >= 15 is 0 Å². The molecule has 3 rings (SSSR count). The number of carbonyl (C=O) groups is 1. The van der Waals surface area contributed by atoms with Crippen molar-refractivity contribution < 1.29 is 14.3 Å². The molecule has 3 aromatic rings. The summed E-state index contributed by atoms with van der Waals surface area (Å²) in [5.74, 6) is 0.709. The molecule has 5 heteroatoms. The van der Waals surface area contributed by atoms with Gasteiger partial charge in [0.15, 0.2) is 11.5 Å². The fourth-order valence-corrected chi connectivity index (χ4v) is 3.30. The molecule has 33 heavy (non-hydrogen) atoms. The van der Waals surface area contributed by atoms with Crippen molar-refractivity contribution in [2.24, 2.45) is 0 Å². The molecule has 0 aliphatic heterocycles. The minimum atomic E-state index is -0.459. The molecule has 0 heterocycles. The van der Waals surface area contributed by atoms with E-state index in [4.69, 9.17) is 9.47 Å². The van der Waals surface area contributed by atoms with Gasteiger partial charge in [0.05, 0.1) is 6.61 Å². The van der Waals surface area contributed by atoms with Crippen LogP contribution < -0.4 is 14.8 Å². The topological polar surface area (TPSA) is 71.3 Å². The molecule has 1 N–H and O–H groups in total. The number of anilines is 1. The quantitative estimate of drug-likeness (QED) is 0.323. The number of hydrogen-bond acceptors (Lipinski definition) is 4. The van der Waals surface area contributed by atoms with E-state index in [1.165, 1.54) is 11.1 Å². The molecule has 5 nitrogen and oxygen atoms in total. The van der Waals surface area contributed by atoms with Gasteiger partial charge in [0.2, 0.25) is 0 Å². The number of rotatable bonds is 9. The fourth-order valence-electron chi connectivity index (χ4n) is 3.30. The van der Waals surface area contributed by atoms with Crippen LogP contribution in [0.4, 0.5) is 5.69 Å². The Balaban J connectivity index is 1.76. The van der Waals surface area contributed by atoms with Crippen LogP contribution in [0.5, 0.6) is 11.5 Å². The maximum absolute atomic E-state index is 12.6. The largest absolute Gasteiger partial charge is 0.490 e. The number of benzene rings is 3. The number of nitrogens with one attached hydrogen (secondary N) is 1. The number of ether oxygens (including phenoxy) is 2. The van der Waals surface area contributed by atoms with Crippen LogP contribution in [0.25, 0.3) is 6.08 Å². The van der Waals surface area contributed by atoms with Gasteiger partial charge in [-0.3, -0.25) is 4.79 Å². The van der Waals surface area contributed by atoms with Crippen LogP contribution >= 0.6 is 0 Å². The molecule has 0 atom stereocenters. The van der Waals surface area contributed by atoms with Crippen LogP contribution in [0.1, 0.15) is 36.1 Å². The zero-order valence-electron chi connectivity index (χ0n) is 19.2. The molecule has 0 saturated carbocycles. The molecule has 0 spiro atoms. The summed E-state index contributed by atoms with van der Waals surface area (Å²) in [7, 11) is 0. The van der Waals surface area contributed by atoms with Crippen molar-refractivity contribution in [3.05, 3.63) is 94.6 Å². The third-order valence-corrected chi connectivity index (χ3v) is 5.04. The second-order valence-electron chi connectivity index (χ2n) is 7.59. The van der Waals surface area contributed by atoms with Crippen LogP contribution in [0.2, 0.25) is 0 Å². The summed E-state index contributed by atoms with van der Waals surface area (Å²) < 4.78 is 11.7. The Morgan fingerprint density at radius 3 is 2.42 bits per heavy atom. The maximum Gasteiger partial charge on any atom is 0.266 e. The highest BCUT2D eigenvalue weighted by molar-refractivity contribution is 6.09. The van der Waals surface area contributed by atoms with Crippen molar-refractivity contribution >= 4 is 17.7 Å². The summed E-state index contributed by atoms with van der Waals surface area (Å²) in [4.78, 5) is 12.6. The minimum absolute atomic E-state index is 0.00504. The molecular weight excluding hydrogens is 412 g/mol. The lowest BCUT2D eigenvalue weighted by Crippen LogP contribution is -2.13. The van der Waals surface area contributed by atoms with Crippen molar-refractivity contribution in [3.63, 3.8) is 0 Å². The number of nitrogens with zero attached hydrogens (tertiary/aromatic N) is 1. The number of hydrogen-bond donors (Lipinski definition) is 1. The van der Waals surface area contributed by atoms with Gasteiger partial charge in [0.25, 0.3) is 5.91 Å². The first kappa shape index (κ1) is 23.6. The summed E-state index contributed by atoms with van der Waals surface area (Å²) in [6, 6.07) is 23.1. The first-order valence-electron chi connectivity index (χ1n) is 11.0. The Kier molecular flexibility index (Phi) is 8.26. The van der Waals surface area contributed by atoms with Gasteiger partial charge in [-0.05, 0) is 67.3 Å². The molecule has 0 unspecified atom stereocenters. The summed E-state index contributed by atoms with van der Waals surface area (Å²) in [6.45, 7) is 6.89. The number of nitriles is 1. The SMILES string of the molecule is CCOc1cc(/C=C(\C#N)C(=O)Nc2ccc(CC)cc2)ccc1OCc1cccc(C)c1. The molecule has 0 fully saturated rings. The lowest BCUT2D eigenvalue weighted by atomic mass is 10.1. The van der Waals surface area contributed by atoms with Gasteiger partial charge in [0, 0.05) is 5.69 Å². The molecule has 0 aliphatic carbocycles. The van der Waals surface area contributed by atoms with Crippen molar-refractivity contribution in [2.75, 3.05) is 11.9 Å². The minimum Gasteiger partial charge on any atom is -0.490 e. The molecule has 0 aliphatic rings. The van der Waals surface area contributed by atoms with Crippen LogP contribution in [0, 0.1) is 18.3 Å². The van der Waals surface area contributed by atoms with Crippen LogP contribution in [0.15, 0.2) is 72.3 Å². The highest BCUT2D eigenvalue weighted by atomic mass is 16.5. The average Bonchev–Trinajstić information content (AvgIpc) is 2.82. The smallest absolute Gasteiger partial charge is 0.266 e. The van der Waals surface area contributed by atoms with E-state index in [0.29, 0.717) is 36.0 Å². The number of carbonyl (C=O) groups excluding carboxylic acids is 1. The lowest BCUT2D eigenvalue weighted by molar-refractivity contribution is -0.112. The van der Waals surface area contributed by atoms with Gasteiger partial charge in [-0.25, -0.2) is 0 Å². The molecule has 0 bridgehead atoms. The Morgan fingerprint density at radius 2 is 1.76 bits per heavy atom. The zero-order valence-corrected chi connectivity index (χ0v) is 19.2. The number of amides is 1. The standard InChI is InChI=1S/C28H28N2O3/c1-4-21-9-12-25(13-10-21)30-28(31)24(18-29)16-22-11-14-26(27(17-22)32-5-2)33-19-23-8-6-7-20(3)15-23/h6-17H,4-5,19H2,1-3H3,(H,30,31)/b24-16+. The van der Waals surface area contributed by atoms with E-state index in [2.05, 4.69) is 18.3 Å². The predicted molar refractivity (Wildman–Crippen MR) is 131 cm³/mol. The Hall–Kier alpha value is -4.04. The van der Waals surface area contributed by atoms with Crippen molar-refractivity contribution in [3.8, 4) is 17.6 Å². The first-order chi connectivity index (χ1) is 16.0. The van der Waals surface area contributed by atoms with E-state index in [1.807, 2.05) is 62.4 Å². The zero-order chi connectivity index (χ0) is 23.6. The van der Waals surface area contributed by atoms with Crippen LogP contribution in [-0.4, -0.2) is 12.5 Å². The summed E-state index contributed by atoms with van der Waals surface area (Å²) in [6.07, 6.45) is 2.47. The van der Waals surface area contributed by atoms with Gasteiger partial charge >= 0.3 is 0 Å². The molecule has 3 aromatic carbocycles. The Bertz CT molecular complexity index is 1170. The second kappa shape index (κ2) is 11.5. The predicted octanol–water partition coefficient (Wildman–Crippen LogP) is 6.08. The third kappa shape index (κ3) is 6.72. The maximum atomic E-state index is 12.6. The van der Waals surface area contributed by atoms with E-state index in [9.17, 15) is 10.1 Å². The molecule has 168 valence electrons. The molecule has 0 radical (unpaired) electrons.